The third-order valence-electron chi connectivity index (χ3n) is 4.74. The third-order valence-corrected chi connectivity index (χ3v) is 6.64. The lowest BCUT2D eigenvalue weighted by Gasteiger charge is -2.35. The van der Waals surface area contributed by atoms with Gasteiger partial charge in [-0.2, -0.15) is 4.31 Å². The van der Waals surface area contributed by atoms with Crippen LogP contribution in [0.2, 0.25) is 0 Å². The van der Waals surface area contributed by atoms with Gasteiger partial charge in [-0.1, -0.05) is 0 Å². The first kappa shape index (κ1) is 21.8. The first-order valence-electron chi connectivity index (χ1n) is 9.78. The largest absolute Gasteiger partial charge is 0.490 e. The summed E-state index contributed by atoms with van der Waals surface area (Å²) in [6, 6.07) is 7.90. The van der Waals surface area contributed by atoms with Gasteiger partial charge in [-0.05, 0) is 38.1 Å². The van der Waals surface area contributed by atoms with Crippen molar-refractivity contribution >= 4 is 21.7 Å². The van der Waals surface area contributed by atoms with Crippen molar-refractivity contribution in [1.82, 2.24) is 9.29 Å². The topological polar surface area (TPSA) is 115 Å². The predicted molar refractivity (Wildman–Crippen MR) is 113 cm³/mol. The minimum atomic E-state index is -3.71. The van der Waals surface area contributed by atoms with Crippen molar-refractivity contribution in [1.29, 1.82) is 0 Å². The second-order valence-corrected chi connectivity index (χ2v) is 8.54. The van der Waals surface area contributed by atoms with Crippen LogP contribution >= 0.6 is 0 Å². The lowest BCUT2D eigenvalue weighted by molar-refractivity contribution is 0.1000. The Kier molecular flexibility index (Phi) is 6.78. The van der Waals surface area contributed by atoms with Crippen LogP contribution in [0.4, 0.5) is 5.82 Å². The van der Waals surface area contributed by atoms with Gasteiger partial charge in [0, 0.05) is 38.4 Å². The number of benzene rings is 1. The lowest BCUT2D eigenvalue weighted by Crippen LogP contribution is -2.49. The summed E-state index contributed by atoms with van der Waals surface area (Å²) in [7, 11) is -3.71. The Balaban J connectivity index is 1.78. The zero-order valence-electron chi connectivity index (χ0n) is 17.1. The van der Waals surface area contributed by atoms with Crippen LogP contribution in [0.15, 0.2) is 41.4 Å². The van der Waals surface area contributed by atoms with Gasteiger partial charge in [0.1, 0.15) is 5.82 Å². The number of aromatic nitrogens is 1. The molecule has 0 radical (unpaired) electrons. The molecule has 3 rings (SSSR count). The highest BCUT2D eigenvalue weighted by atomic mass is 32.2. The van der Waals surface area contributed by atoms with E-state index < -0.39 is 15.9 Å². The van der Waals surface area contributed by atoms with Crippen molar-refractivity contribution in [2.24, 2.45) is 5.73 Å². The average Bonchev–Trinajstić information content (AvgIpc) is 2.75. The molecule has 10 heteroatoms. The molecule has 0 atom stereocenters. The molecule has 1 aliphatic rings. The molecular formula is C20H26N4O5S. The van der Waals surface area contributed by atoms with Crippen LogP contribution in [0.3, 0.4) is 0 Å². The van der Waals surface area contributed by atoms with Crippen molar-refractivity contribution in [3.63, 3.8) is 0 Å². The normalized spacial score (nSPS) is 15.1. The van der Waals surface area contributed by atoms with Crippen LogP contribution in [-0.4, -0.2) is 63.0 Å². The molecule has 162 valence electrons. The highest BCUT2D eigenvalue weighted by molar-refractivity contribution is 7.89. The summed E-state index contributed by atoms with van der Waals surface area (Å²) < 4.78 is 38.8. The number of nitrogens with zero attached hydrogens (tertiary/aromatic N) is 3. The summed E-state index contributed by atoms with van der Waals surface area (Å²) in [5, 5.41) is 0. The summed E-state index contributed by atoms with van der Waals surface area (Å²) in [5.41, 5.74) is 5.75. The van der Waals surface area contributed by atoms with Crippen molar-refractivity contribution in [3.05, 3.63) is 42.1 Å². The Labute approximate surface area is 176 Å². The fraction of sp³-hybridized carbons (Fsp3) is 0.400. The van der Waals surface area contributed by atoms with Gasteiger partial charge in [0.2, 0.25) is 10.0 Å². The van der Waals surface area contributed by atoms with Gasteiger partial charge >= 0.3 is 0 Å². The van der Waals surface area contributed by atoms with Crippen LogP contribution in [-0.2, 0) is 10.0 Å². The van der Waals surface area contributed by atoms with Crippen LogP contribution in [0.1, 0.15) is 24.2 Å². The molecule has 2 aromatic rings. The first-order chi connectivity index (χ1) is 14.4. The van der Waals surface area contributed by atoms with Gasteiger partial charge in [0.15, 0.2) is 11.5 Å². The van der Waals surface area contributed by atoms with E-state index in [9.17, 15) is 13.2 Å². The second kappa shape index (κ2) is 9.31. The van der Waals surface area contributed by atoms with Gasteiger partial charge in [-0.25, -0.2) is 13.4 Å². The maximum absolute atomic E-state index is 13.2. The summed E-state index contributed by atoms with van der Waals surface area (Å²) in [6.07, 6.45) is 1.58. The molecule has 1 aromatic heterocycles. The minimum absolute atomic E-state index is 0.151. The molecule has 1 saturated heterocycles. The predicted octanol–water partition coefficient (Wildman–Crippen LogP) is 1.49. The monoisotopic (exact) mass is 434 g/mol. The van der Waals surface area contributed by atoms with E-state index in [-0.39, 0.29) is 18.0 Å². The van der Waals surface area contributed by atoms with Gasteiger partial charge < -0.3 is 20.1 Å². The molecule has 0 bridgehead atoms. The van der Waals surface area contributed by atoms with Gasteiger partial charge in [-0.3, -0.25) is 4.79 Å². The zero-order chi connectivity index (χ0) is 21.7. The van der Waals surface area contributed by atoms with E-state index in [2.05, 4.69) is 4.98 Å². The Morgan fingerprint density at radius 2 is 1.73 bits per heavy atom. The summed E-state index contributed by atoms with van der Waals surface area (Å²) in [4.78, 5) is 17.9. The third kappa shape index (κ3) is 4.49. The number of nitrogens with two attached hydrogens (primary N) is 1. The van der Waals surface area contributed by atoms with E-state index in [4.69, 9.17) is 15.2 Å². The quantitative estimate of drug-likeness (QED) is 0.669. The molecule has 1 amide bonds. The van der Waals surface area contributed by atoms with Crippen LogP contribution < -0.4 is 20.1 Å². The number of piperazine rings is 1. The van der Waals surface area contributed by atoms with E-state index in [1.54, 1.807) is 24.4 Å². The number of amides is 1. The fourth-order valence-corrected chi connectivity index (χ4v) is 4.76. The van der Waals surface area contributed by atoms with Crippen molar-refractivity contribution in [2.75, 3.05) is 44.3 Å². The van der Waals surface area contributed by atoms with Crippen LogP contribution in [0.5, 0.6) is 11.5 Å². The van der Waals surface area contributed by atoms with E-state index in [0.717, 1.165) is 0 Å². The summed E-state index contributed by atoms with van der Waals surface area (Å²) >= 11 is 0. The summed E-state index contributed by atoms with van der Waals surface area (Å²) in [5.74, 6) is 0.823. The lowest BCUT2D eigenvalue weighted by atomic mass is 10.2. The number of rotatable bonds is 8. The Morgan fingerprint density at radius 1 is 1.07 bits per heavy atom. The molecule has 9 nitrogen and oxygen atoms in total. The number of pyridine rings is 1. The van der Waals surface area contributed by atoms with E-state index >= 15 is 0 Å². The van der Waals surface area contributed by atoms with E-state index in [1.165, 1.54) is 16.4 Å². The maximum atomic E-state index is 13.2. The number of carbonyl (C=O) groups excluding carboxylic acids is 1. The smallest absolute Gasteiger partial charge is 0.252 e. The van der Waals surface area contributed by atoms with Crippen molar-refractivity contribution in [2.45, 2.75) is 18.7 Å². The molecule has 1 fully saturated rings. The number of sulfonamides is 1. The Hall–Kier alpha value is -2.85. The number of hydrogen-bond donors (Lipinski definition) is 1. The first-order valence-corrected chi connectivity index (χ1v) is 11.2. The molecular weight excluding hydrogens is 408 g/mol. The second-order valence-electron chi connectivity index (χ2n) is 6.60. The molecule has 2 N–H and O–H groups in total. The molecule has 2 heterocycles. The highest BCUT2D eigenvalue weighted by Crippen LogP contribution is 2.32. The van der Waals surface area contributed by atoms with E-state index in [1.807, 2.05) is 18.7 Å². The molecule has 0 aliphatic carbocycles. The number of anilines is 1. The molecule has 0 spiro atoms. The minimum Gasteiger partial charge on any atom is -0.490 e. The number of ether oxygens (including phenoxy) is 2. The number of primary amides is 1. The standard InChI is InChI=1S/C20H26N4O5S/c1-3-28-17-8-7-15(14-18(17)29-4-2)30(26,27)24-12-10-23(11-13-24)20-16(19(21)25)6-5-9-22-20/h5-9,14H,3-4,10-13H2,1-2H3,(H2,21,25). The Morgan fingerprint density at radius 3 is 2.37 bits per heavy atom. The maximum Gasteiger partial charge on any atom is 0.252 e. The highest BCUT2D eigenvalue weighted by Gasteiger charge is 2.30. The van der Waals surface area contributed by atoms with Crippen molar-refractivity contribution < 1.29 is 22.7 Å². The zero-order valence-corrected chi connectivity index (χ0v) is 17.9. The van der Waals surface area contributed by atoms with Gasteiger partial charge in [-0.15, -0.1) is 0 Å². The van der Waals surface area contributed by atoms with E-state index in [0.29, 0.717) is 49.2 Å². The molecule has 30 heavy (non-hydrogen) atoms. The molecule has 0 unspecified atom stereocenters. The SMILES string of the molecule is CCOc1ccc(S(=O)(=O)N2CCN(c3ncccc3C(N)=O)CC2)cc1OCC. The number of hydrogen-bond acceptors (Lipinski definition) is 7. The summed E-state index contributed by atoms with van der Waals surface area (Å²) in [6.45, 7) is 5.84. The van der Waals surface area contributed by atoms with Gasteiger partial charge in [0.25, 0.3) is 5.91 Å². The fourth-order valence-electron chi connectivity index (χ4n) is 3.32. The molecule has 1 aromatic carbocycles. The molecule has 0 saturated carbocycles. The average molecular weight is 435 g/mol. The van der Waals surface area contributed by atoms with Crippen LogP contribution in [0.25, 0.3) is 0 Å². The van der Waals surface area contributed by atoms with Crippen molar-refractivity contribution in [3.8, 4) is 11.5 Å². The molecule has 1 aliphatic heterocycles. The van der Waals surface area contributed by atoms with Gasteiger partial charge in [0.05, 0.1) is 23.7 Å². The number of carbonyl (C=O) groups is 1. The Bertz CT molecular complexity index is 1000. The van der Waals surface area contributed by atoms with Crippen LogP contribution in [0, 0.1) is 0 Å².